The van der Waals surface area contributed by atoms with Crippen molar-refractivity contribution in [2.75, 3.05) is 25.2 Å². The molecule has 32 heavy (non-hydrogen) atoms. The van der Waals surface area contributed by atoms with Crippen LogP contribution in [0.15, 0.2) is 47.4 Å². The Balaban J connectivity index is 1.99. The number of benzene rings is 2. The van der Waals surface area contributed by atoms with Gasteiger partial charge in [0.15, 0.2) is 19.7 Å². The number of ether oxygens (including phenoxy) is 1. The van der Waals surface area contributed by atoms with Crippen molar-refractivity contribution in [3.8, 4) is 0 Å². The lowest BCUT2D eigenvalue weighted by Crippen LogP contribution is -2.41. The number of sulfone groups is 2. The van der Waals surface area contributed by atoms with Crippen molar-refractivity contribution < 1.29 is 30.4 Å². The van der Waals surface area contributed by atoms with Crippen molar-refractivity contribution >= 4 is 31.3 Å². The molecule has 1 aliphatic rings. The zero-order chi connectivity index (χ0) is 23.6. The summed E-state index contributed by atoms with van der Waals surface area (Å²) in [5.74, 6) is -2.04. The van der Waals surface area contributed by atoms with Crippen LogP contribution >= 0.6 is 11.6 Å². The van der Waals surface area contributed by atoms with Crippen LogP contribution in [0.5, 0.6) is 0 Å². The molecule has 0 atom stereocenters. The molecule has 0 amide bonds. The highest BCUT2D eigenvalue weighted by atomic mass is 35.5. The minimum atomic E-state index is -4.15. The highest BCUT2D eigenvalue weighted by molar-refractivity contribution is 7.92. The van der Waals surface area contributed by atoms with Crippen LogP contribution in [-0.4, -0.2) is 42.1 Å². The Kier molecular flexibility index (Phi) is 7.64. The second-order valence-electron chi connectivity index (χ2n) is 8.13. The molecule has 1 fully saturated rings. The summed E-state index contributed by atoms with van der Waals surface area (Å²) in [4.78, 5) is -0.0447. The van der Waals surface area contributed by atoms with E-state index in [1.165, 1.54) is 31.4 Å². The monoisotopic (exact) mass is 506 g/mol. The molecule has 0 saturated heterocycles. The number of hydrogen-bond acceptors (Lipinski definition) is 5. The molecule has 0 radical (unpaired) electrons. The maximum absolute atomic E-state index is 14.9. The average molecular weight is 507 g/mol. The second-order valence-corrected chi connectivity index (χ2v) is 13.1. The fourth-order valence-corrected chi connectivity index (χ4v) is 8.26. The Labute approximate surface area is 192 Å². The molecule has 0 bridgehead atoms. The number of hydrogen-bond donors (Lipinski definition) is 0. The van der Waals surface area contributed by atoms with Gasteiger partial charge in [-0.25, -0.2) is 25.6 Å². The average Bonchev–Trinajstić information content (AvgIpc) is 2.75. The molecule has 0 N–H and O–H groups in total. The van der Waals surface area contributed by atoms with Crippen LogP contribution in [0.3, 0.4) is 0 Å². The van der Waals surface area contributed by atoms with Crippen LogP contribution in [-0.2, 0) is 29.2 Å². The summed E-state index contributed by atoms with van der Waals surface area (Å²) >= 11 is 5.89. The Morgan fingerprint density at radius 1 is 1.03 bits per heavy atom. The molecule has 176 valence electrons. The lowest BCUT2D eigenvalue weighted by Gasteiger charge is -2.40. The van der Waals surface area contributed by atoms with Gasteiger partial charge in [-0.2, -0.15) is 0 Å². The van der Waals surface area contributed by atoms with Crippen LogP contribution in [0, 0.1) is 17.6 Å². The van der Waals surface area contributed by atoms with Gasteiger partial charge in [0.25, 0.3) is 0 Å². The highest BCUT2D eigenvalue weighted by Gasteiger charge is 2.50. The summed E-state index contributed by atoms with van der Waals surface area (Å²) in [5.41, 5.74) is -0.229. The summed E-state index contributed by atoms with van der Waals surface area (Å²) in [6, 6.07) is 8.34. The summed E-state index contributed by atoms with van der Waals surface area (Å²) in [7, 11) is -6.11. The van der Waals surface area contributed by atoms with E-state index in [4.69, 9.17) is 16.3 Å². The second kappa shape index (κ2) is 9.75. The van der Waals surface area contributed by atoms with Gasteiger partial charge in [0, 0.05) is 17.7 Å². The van der Waals surface area contributed by atoms with E-state index >= 15 is 0 Å². The first-order chi connectivity index (χ1) is 15.0. The molecular formula is C22H25ClF2O5S2. The predicted octanol–water partition coefficient (Wildman–Crippen LogP) is 4.54. The highest BCUT2D eigenvalue weighted by Crippen LogP contribution is 2.49. The van der Waals surface area contributed by atoms with Gasteiger partial charge in [-0.15, -0.1) is 0 Å². The molecule has 0 aliphatic heterocycles. The number of halogens is 3. The fourth-order valence-electron chi connectivity index (χ4n) is 4.33. The van der Waals surface area contributed by atoms with E-state index in [9.17, 15) is 25.6 Å². The maximum atomic E-state index is 14.9. The summed E-state index contributed by atoms with van der Waals surface area (Å²) in [5, 5.41) is 0.347. The fraction of sp³-hybridized carbons (Fsp3) is 0.455. The van der Waals surface area contributed by atoms with E-state index in [1.54, 1.807) is 0 Å². The SMILES string of the molecule is COCCS(=O)(=O)CC1CCC(c2cc(F)ccc2F)(S(=O)(=O)c2ccc(Cl)cc2)CC1. The van der Waals surface area contributed by atoms with E-state index in [-0.39, 0.29) is 60.2 Å². The topological polar surface area (TPSA) is 77.5 Å². The van der Waals surface area contributed by atoms with Crippen LogP contribution in [0.4, 0.5) is 8.78 Å². The van der Waals surface area contributed by atoms with E-state index < -0.39 is 36.1 Å². The van der Waals surface area contributed by atoms with Gasteiger partial charge in [-0.05, 0) is 74.1 Å². The van der Waals surface area contributed by atoms with Gasteiger partial charge in [-0.1, -0.05) is 11.6 Å². The van der Waals surface area contributed by atoms with Crippen molar-refractivity contribution in [2.24, 2.45) is 5.92 Å². The molecule has 3 rings (SSSR count). The van der Waals surface area contributed by atoms with Crippen molar-refractivity contribution in [2.45, 2.75) is 35.3 Å². The van der Waals surface area contributed by atoms with Gasteiger partial charge in [0.05, 0.1) is 23.0 Å². The van der Waals surface area contributed by atoms with Crippen molar-refractivity contribution in [1.29, 1.82) is 0 Å². The molecular weight excluding hydrogens is 482 g/mol. The zero-order valence-corrected chi connectivity index (χ0v) is 19.9. The molecule has 0 unspecified atom stereocenters. The normalized spacial score (nSPS) is 22.1. The van der Waals surface area contributed by atoms with E-state index in [2.05, 4.69) is 0 Å². The Hall–Kier alpha value is -1.55. The lowest BCUT2D eigenvalue weighted by atomic mass is 9.78. The van der Waals surface area contributed by atoms with Crippen molar-refractivity contribution in [3.05, 3.63) is 64.7 Å². The zero-order valence-electron chi connectivity index (χ0n) is 17.6. The van der Waals surface area contributed by atoms with Crippen LogP contribution < -0.4 is 0 Å². The first kappa shape index (κ1) is 25.1. The minimum Gasteiger partial charge on any atom is -0.384 e. The Morgan fingerprint density at radius 2 is 1.66 bits per heavy atom. The third-order valence-electron chi connectivity index (χ3n) is 6.06. The molecule has 1 aliphatic carbocycles. The van der Waals surface area contributed by atoms with E-state index in [0.717, 1.165) is 18.2 Å². The number of rotatable bonds is 8. The van der Waals surface area contributed by atoms with Gasteiger partial charge < -0.3 is 4.74 Å². The number of methoxy groups -OCH3 is 1. The summed E-state index contributed by atoms with van der Waals surface area (Å²) in [6.07, 6.45) is 0.440. The first-order valence-corrected chi connectivity index (χ1v) is 13.8. The minimum absolute atomic E-state index is 0.0250. The smallest absolute Gasteiger partial charge is 0.188 e. The predicted molar refractivity (Wildman–Crippen MR) is 119 cm³/mol. The van der Waals surface area contributed by atoms with Gasteiger partial charge in [0.1, 0.15) is 16.4 Å². The van der Waals surface area contributed by atoms with Gasteiger partial charge >= 0.3 is 0 Å². The largest absolute Gasteiger partial charge is 0.384 e. The molecule has 5 nitrogen and oxygen atoms in total. The van der Waals surface area contributed by atoms with Crippen LogP contribution in [0.2, 0.25) is 5.02 Å². The third kappa shape index (κ3) is 5.16. The summed E-state index contributed by atoms with van der Waals surface area (Å²) < 4.78 is 84.2. The van der Waals surface area contributed by atoms with Crippen molar-refractivity contribution in [1.82, 2.24) is 0 Å². The maximum Gasteiger partial charge on any atom is 0.188 e. The van der Waals surface area contributed by atoms with Crippen LogP contribution in [0.25, 0.3) is 0 Å². The standard InChI is InChI=1S/C22H25ClF2O5S2/c1-30-12-13-31(26,27)15-16-8-10-22(11-9-16,20-14-18(24)4-7-21(20)25)32(28,29)19-5-2-17(23)3-6-19/h2-7,14,16H,8-13,15H2,1H3. The molecule has 0 aromatic heterocycles. The molecule has 0 spiro atoms. The molecule has 1 saturated carbocycles. The third-order valence-corrected chi connectivity index (χ3v) is 10.6. The first-order valence-electron chi connectivity index (χ1n) is 10.2. The molecule has 10 heteroatoms. The van der Waals surface area contributed by atoms with Gasteiger partial charge in [0.2, 0.25) is 0 Å². The molecule has 2 aromatic rings. The Bertz CT molecular complexity index is 1160. The Morgan fingerprint density at radius 3 is 2.25 bits per heavy atom. The molecule has 2 aromatic carbocycles. The van der Waals surface area contributed by atoms with E-state index in [1.807, 2.05) is 0 Å². The van der Waals surface area contributed by atoms with Crippen molar-refractivity contribution in [3.63, 3.8) is 0 Å². The molecule has 0 heterocycles. The summed E-state index contributed by atoms with van der Waals surface area (Å²) in [6.45, 7) is 0.0818. The lowest BCUT2D eigenvalue weighted by molar-refractivity contribution is 0.216. The van der Waals surface area contributed by atoms with Crippen LogP contribution in [0.1, 0.15) is 31.2 Å². The van der Waals surface area contributed by atoms with E-state index in [0.29, 0.717) is 5.02 Å². The van der Waals surface area contributed by atoms with Gasteiger partial charge in [-0.3, -0.25) is 0 Å². The quantitative estimate of drug-likeness (QED) is 0.525.